The molecule has 3 aliphatic rings. The summed E-state index contributed by atoms with van der Waals surface area (Å²) in [4.78, 5) is 31.1. The largest absolute Gasteiger partial charge is 0.472 e. The second kappa shape index (κ2) is 11.4. The normalized spacial score (nSPS) is 13.4. The second-order valence-electron chi connectivity index (χ2n) is 11.4. The lowest BCUT2D eigenvalue weighted by molar-refractivity contribution is 0.0511. The number of nitrogens with zero attached hydrogens (tertiary/aromatic N) is 2. The zero-order valence-electron chi connectivity index (χ0n) is 24.8. The second-order valence-corrected chi connectivity index (χ2v) is 11.4. The molecule has 0 radical (unpaired) electrons. The molecular weight excluding hydrogens is 518 g/mol. The Morgan fingerprint density at radius 2 is 1.78 bits per heavy atom. The predicted octanol–water partition coefficient (Wildman–Crippen LogP) is 7.82. The van der Waals surface area contributed by atoms with Crippen molar-refractivity contribution in [2.24, 2.45) is 0 Å². The van der Waals surface area contributed by atoms with Crippen LogP contribution in [0.25, 0.3) is 22.3 Å². The van der Waals surface area contributed by atoms with Crippen LogP contribution in [-0.2, 0) is 28.9 Å². The molecule has 2 aliphatic carbocycles. The van der Waals surface area contributed by atoms with E-state index in [-0.39, 0.29) is 5.97 Å². The monoisotopic (exact) mass is 557 g/mol. The quantitative estimate of drug-likeness (QED) is 0.211. The number of carbonyl (C=O) groups is 2. The maximum absolute atomic E-state index is 13.3. The number of para-hydroxylation sites is 1. The molecule has 8 nitrogen and oxygen atoms in total. The maximum Gasteiger partial charge on any atom is 0.412 e. The number of amides is 1. The number of aryl methyl sites for hydroxylation is 1. The van der Waals surface area contributed by atoms with Crippen LogP contribution in [0.5, 0.6) is 0 Å². The average Bonchev–Trinajstić information content (AvgIpc) is 3.64. The van der Waals surface area contributed by atoms with Crippen LogP contribution in [0.15, 0.2) is 47.3 Å². The summed E-state index contributed by atoms with van der Waals surface area (Å²) in [6.45, 7) is 12.2. The van der Waals surface area contributed by atoms with Crippen LogP contribution in [0.3, 0.4) is 0 Å². The fraction of sp³-hybridized carbons (Fsp3) is 0.424. The first-order chi connectivity index (χ1) is 19.7. The van der Waals surface area contributed by atoms with E-state index in [9.17, 15) is 9.59 Å². The Balaban J connectivity index is 1.70. The summed E-state index contributed by atoms with van der Waals surface area (Å²) in [5.41, 5.74) is 7.47. The first kappa shape index (κ1) is 28.5. The van der Waals surface area contributed by atoms with E-state index in [4.69, 9.17) is 18.9 Å². The van der Waals surface area contributed by atoms with Gasteiger partial charge in [0.25, 0.3) is 0 Å². The Morgan fingerprint density at radius 1 is 1.02 bits per heavy atom. The molecule has 0 atom stereocenters. The van der Waals surface area contributed by atoms with Gasteiger partial charge in [-0.2, -0.15) is 0 Å². The molecule has 1 fully saturated rings. The van der Waals surface area contributed by atoms with Crippen LogP contribution in [0.1, 0.15) is 93.4 Å². The summed E-state index contributed by atoms with van der Waals surface area (Å²) in [6.07, 6.45) is 6.43. The van der Waals surface area contributed by atoms with E-state index in [1.54, 1.807) is 12.5 Å². The number of anilines is 1. The number of benzene rings is 1. The van der Waals surface area contributed by atoms with Crippen molar-refractivity contribution in [2.45, 2.75) is 85.3 Å². The van der Waals surface area contributed by atoms with Crippen molar-refractivity contribution < 1.29 is 23.5 Å². The van der Waals surface area contributed by atoms with Gasteiger partial charge in [0.15, 0.2) is 5.69 Å². The molecule has 216 valence electrons. The van der Waals surface area contributed by atoms with Gasteiger partial charge in [0.05, 0.1) is 37.1 Å². The van der Waals surface area contributed by atoms with Crippen LogP contribution in [-0.4, -0.2) is 33.8 Å². The summed E-state index contributed by atoms with van der Waals surface area (Å²) in [6, 6.07) is 9.73. The molecule has 1 N–H and O–H groups in total. The Morgan fingerprint density at radius 3 is 2.44 bits per heavy atom. The molecule has 1 amide bonds. The number of hydrogen-bond donors (Lipinski definition) is 1. The first-order valence-electron chi connectivity index (χ1n) is 14.5. The van der Waals surface area contributed by atoms with Gasteiger partial charge in [-0.25, -0.2) is 14.6 Å². The van der Waals surface area contributed by atoms with E-state index < -0.39 is 11.7 Å². The third-order valence-corrected chi connectivity index (χ3v) is 7.37. The third kappa shape index (κ3) is 5.73. The average molecular weight is 558 g/mol. The lowest BCUT2D eigenvalue weighted by Gasteiger charge is -2.21. The molecule has 1 aromatic carbocycles. The molecule has 5 rings (SSSR count). The van der Waals surface area contributed by atoms with E-state index in [0.717, 1.165) is 64.2 Å². The number of rotatable bonds is 9. The molecule has 0 spiro atoms. The molecule has 41 heavy (non-hydrogen) atoms. The number of hydrogen-bond acceptors (Lipinski definition) is 6. The Labute approximate surface area is 241 Å². The van der Waals surface area contributed by atoms with Gasteiger partial charge in [-0.3, -0.25) is 5.32 Å². The van der Waals surface area contributed by atoms with Crippen LogP contribution in [0, 0.1) is 0 Å². The number of nitrogens with one attached hydrogen (secondary N) is 1. The minimum atomic E-state index is -0.629. The van der Waals surface area contributed by atoms with Gasteiger partial charge in [-0.1, -0.05) is 32.0 Å². The van der Waals surface area contributed by atoms with Crippen molar-refractivity contribution in [3.63, 3.8) is 0 Å². The van der Waals surface area contributed by atoms with Gasteiger partial charge >= 0.3 is 12.1 Å². The van der Waals surface area contributed by atoms with Crippen molar-refractivity contribution in [1.29, 1.82) is 0 Å². The van der Waals surface area contributed by atoms with Gasteiger partial charge in [-0.15, -0.1) is 0 Å². The van der Waals surface area contributed by atoms with Crippen molar-refractivity contribution in [3.8, 4) is 22.3 Å². The summed E-state index contributed by atoms with van der Waals surface area (Å²) in [5, 5.41) is 2.97. The number of ether oxygens (including phenoxy) is 2. The van der Waals surface area contributed by atoms with Crippen LogP contribution < -0.4 is 5.32 Å². The van der Waals surface area contributed by atoms with E-state index in [1.807, 2.05) is 62.6 Å². The van der Waals surface area contributed by atoms with Crippen molar-refractivity contribution in [2.75, 3.05) is 11.9 Å². The lowest BCUT2D eigenvalue weighted by Crippen LogP contribution is -2.27. The predicted molar refractivity (Wildman–Crippen MR) is 159 cm³/mol. The SMILES string of the molecule is CCOC(=O)c1c(C2CC2)nc(CC)n1Cc1c2ccocc-2c(CC)c1-c1ccccc1NC(=O)OC(C)(C)C. The maximum atomic E-state index is 13.3. The highest BCUT2D eigenvalue weighted by Gasteiger charge is 2.35. The van der Waals surface area contributed by atoms with Gasteiger partial charge in [-0.05, 0) is 81.3 Å². The summed E-state index contributed by atoms with van der Waals surface area (Å²) < 4.78 is 18.8. The van der Waals surface area contributed by atoms with Gasteiger partial charge in [0, 0.05) is 23.5 Å². The molecule has 1 aromatic heterocycles. The van der Waals surface area contributed by atoms with E-state index in [0.29, 0.717) is 36.9 Å². The van der Waals surface area contributed by atoms with Crippen LogP contribution in [0.2, 0.25) is 0 Å². The summed E-state index contributed by atoms with van der Waals surface area (Å²) in [5.74, 6) is 0.811. The summed E-state index contributed by atoms with van der Waals surface area (Å²) >= 11 is 0. The van der Waals surface area contributed by atoms with Gasteiger partial charge in [0.1, 0.15) is 11.4 Å². The number of esters is 1. The van der Waals surface area contributed by atoms with Crippen molar-refractivity contribution in [1.82, 2.24) is 9.55 Å². The molecular formula is C33H39N3O5. The van der Waals surface area contributed by atoms with Crippen LogP contribution >= 0.6 is 0 Å². The number of carbonyl (C=O) groups excluding carboxylic acids is 2. The number of aromatic nitrogens is 2. The van der Waals surface area contributed by atoms with E-state index in [1.165, 1.54) is 0 Å². The minimum Gasteiger partial charge on any atom is -0.472 e. The smallest absolute Gasteiger partial charge is 0.412 e. The zero-order chi connectivity index (χ0) is 29.3. The highest BCUT2D eigenvalue weighted by molar-refractivity contribution is 5.97. The molecule has 2 aromatic rings. The summed E-state index contributed by atoms with van der Waals surface area (Å²) in [7, 11) is 0. The Kier molecular flexibility index (Phi) is 7.93. The highest BCUT2D eigenvalue weighted by Crippen LogP contribution is 2.47. The highest BCUT2D eigenvalue weighted by atomic mass is 16.6. The molecule has 1 saturated carbocycles. The van der Waals surface area contributed by atoms with Crippen molar-refractivity contribution in [3.05, 3.63) is 71.2 Å². The molecule has 2 heterocycles. The topological polar surface area (TPSA) is 95.6 Å². The van der Waals surface area contributed by atoms with E-state index >= 15 is 0 Å². The molecule has 0 bridgehead atoms. The third-order valence-electron chi connectivity index (χ3n) is 7.37. The fourth-order valence-electron chi connectivity index (χ4n) is 5.57. The lowest BCUT2D eigenvalue weighted by atomic mass is 9.97. The number of imidazole rings is 1. The molecule has 0 unspecified atom stereocenters. The van der Waals surface area contributed by atoms with Gasteiger partial charge in [0.2, 0.25) is 0 Å². The van der Waals surface area contributed by atoms with E-state index in [2.05, 4.69) is 19.2 Å². The number of fused-ring (bicyclic) bond motifs is 1. The van der Waals surface area contributed by atoms with Gasteiger partial charge < -0.3 is 18.5 Å². The molecule has 0 saturated heterocycles. The minimum absolute atomic E-state index is 0.292. The Hall–Kier alpha value is -4.07. The standard InChI is InChI=1S/C33H39N3O5/c1-7-21-25-19-39-17-16-22(25)24(28(21)23-12-10-11-13-26(23)34-32(38)41-33(4,5)6)18-36-27(8-2)35-29(20-14-15-20)30(36)31(37)40-9-3/h10-13,16-17,19-20H,7-9,14-15,18H2,1-6H3,(H,34,38). The van der Waals surface area contributed by atoms with Crippen molar-refractivity contribution >= 4 is 17.7 Å². The zero-order valence-corrected chi connectivity index (χ0v) is 24.8. The van der Waals surface area contributed by atoms with Crippen LogP contribution in [0.4, 0.5) is 10.5 Å². The molecule has 1 aliphatic heterocycles. The Bertz CT molecular complexity index is 1540. The molecule has 8 heteroatoms. The first-order valence-corrected chi connectivity index (χ1v) is 14.5. The fourth-order valence-corrected chi connectivity index (χ4v) is 5.57.